The molecule has 1 atom stereocenters. The van der Waals surface area contributed by atoms with Crippen LogP contribution in [0.5, 0.6) is 0 Å². The number of hydrazone groups is 1. The van der Waals surface area contributed by atoms with Crippen molar-refractivity contribution in [1.29, 1.82) is 0 Å². The van der Waals surface area contributed by atoms with Crippen LogP contribution in [0.2, 0.25) is 10.0 Å². The van der Waals surface area contributed by atoms with E-state index in [2.05, 4.69) is 71.2 Å². The number of morpholine rings is 1. The van der Waals surface area contributed by atoms with Gasteiger partial charge in [-0.2, -0.15) is 5.10 Å². The van der Waals surface area contributed by atoms with Crippen molar-refractivity contribution >= 4 is 53.5 Å². The molecule has 2 aliphatic heterocycles. The van der Waals surface area contributed by atoms with E-state index in [4.69, 9.17) is 37.8 Å². The summed E-state index contributed by atoms with van der Waals surface area (Å²) in [5, 5.41) is 7.46. The highest BCUT2D eigenvalue weighted by Gasteiger charge is 2.45. The Morgan fingerprint density at radius 1 is 0.846 bits per heavy atom. The number of ether oxygens (including phenoxy) is 1. The van der Waals surface area contributed by atoms with E-state index in [9.17, 15) is 0 Å². The number of halogens is 2. The first-order valence-corrected chi connectivity index (χ1v) is 15.4. The predicted octanol–water partition coefficient (Wildman–Crippen LogP) is 7.88. The number of fused-ring (bicyclic) bond motifs is 1. The minimum atomic E-state index is -2.78. The Labute approximate surface area is 239 Å². The summed E-state index contributed by atoms with van der Waals surface area (Å²) in [4.78, 5) is 0. The molecule has 0 unspecified atom stereocenters. The monoisotopic (exact) mass is 577 g/mol. The zero-order valence-electron chi connectivity index (χ0n) is 22.2. The maximum absolute atomic E-state index is 6.78. The van der Waals surface area contributed by atoms with Crippen molar-refractivity contribution in [3.63, 3.8) is 0 Å². The molecule has 0 saturated carbocycles. The highest BCUT2D eigenvalue weighted by atomic mass is 35.5. The molecule has 9 heteroatoms. The van der Waals surface area contributed by atoms with E-state index in [1.807, 2.05) is 36.5 Å². The molecule has 0 bridgehead atoms. The van der Waals surface area contributed by atoms with Gasteiger partial charge in [-0.25, -0.2) is 14.2 Å². The van der Waals surface area contributed by atoms with E-state index in [-0.39, 0.29) is 0 Å². The fourth-order valence-corrected chi connectivity index (χ4v) is 9.81. The molecule has 39 heavy (non-hydrogen) atoms. The number of hydrogen-bond donors (Lipinski definition) is 0. The zero-order chi connectivity index (χ0) is 27.1. The fourth-order valence-electron chi connectivity index (χ4n) is 5.49. The van der Waals surface area contributed by atoms with E-state index >= 15 is 0 Å². The number of aromatic nitrogens is 1. The van der Waals surface area contributed by atoms with Crippen molar-refractivity contribution < 1.29 is 4.74 Å². The number of aryl methyl sites for hydroxylation is 1. The maximum atomic E-state index is 6.78. The van der Waals surface area contributed by atoms with Crippen LogP contribution in [0, 0.1) is 20.8 Å². The smallest absolute Gasteiger partial charge is 0.179 e. The SMILES string of the molecule is Cc1ccc(-n2c(C)c3c(c2C)[P@](=Nc2cc(Cl)ccc2Cl)(N2CCOCC2)N(c2ccccc2)N=C3)cc1. The highest BCUT2D eigenvalue weighted by molar-refractivity contribution is 7.73. The molecule has 200 valence electrons. The molecule has 0 N–H and O–H groups in total. The van der Waals surface area contributed by atoms with Gasteiger partial charge in [0.2, 0.25) is 0 Å². The van der Waals surface area contributed by atoms with E-state index in [0.29, 0.717) is 28.9 Å². The molecule has 2 aliphatic rings. The molecular formula is C30H30Cl2N5OP. The maximum Gasteiger partial charge on any atom is 0.179 e. The minimum absolute atomic E-state index is 0.559. The first kappa shape index (κ1) is 26.4. The average molecular weight is 578 g/mol. The Bertz CT molecular complexity index is 1610. The Hall–Kier alpha value is -2.86. The number of hydrogen-bond acceptors (Lipinski definition) is 3. The van der Waals surface area contributed by atoms with Crippen LogP contribution in [0.4, 0.5) is 11.4 Å². The van der Waals surface area contributed by atoms with E-state index in [0.717, 1.165) is 41.4 Å². The van der Waals surface area contributed by atoms with E-state index in [1.54, 1.807) is 6.07 Å². The molecule has 0 amide bonds. The molecule has 1 fully saturated rings. The van der Waals surface area contributed by atoms with Gasteiger partial charge in [-0.3, -0.25) is 0 Å². The lowest BCUT2D eigenvalue weighted by atomic mass is 10.2. The summed E-state index contributed by atoms with van der Waals surface area (Å²) in [6, 6.07) is 24.4. The van der Waals surface area contributed by atoms with Crippen molar-refractivity contribution in [2.75, 3.05) is 31.1 Å². The standard InChI is InChI=1S/C30H30Cl2N5OP/c1-21-9-12-25(13-10-21)36-22(2)27-20-33-37(26-7-5-4-6-8-26)39(30(27)23(36)3,35-15-17-38-18-16-35)34-29-19-24(31)11-14-28(29)32/h4-14,19-20H,15-18H2,1-3H3/t39-/m0/s1. The minimum Gasteiger partial charge on any atom is -0.379 e. The molecule has 1 saturated heterocycles. The quantitative estimate of drug-likeness (QED) is 0.232. The van der Waals surface area contributed by atoms with Gasteiger partial charge in [0.05, 0.1) is 41.1 Å². The second-order valence-electron chi connectivity index (χ2n) is 9.80. The first-order valence-electron chi connectivity index (χ1n) is 13.0. The Morgan fingerprint density at radius 2 is 1.56 bits per heavy atom. The molecule has 3 aromatic carbocycles. The predicted molar refractivity (Wildman–Crippen MR) is 164 cm³/mol. The molecule has 4 aromatic rings. The van der Waals surface area contributed by atoms with Crippen LogP contribution in [0.15, 0.2) is 82.6 Å². The third-order valence-corrected chi connectivity index (χ3v) is 11.6. The molecule has 6 rings (SSSR count). The summed E-state index contributed by atoms with van der Waals surface area (Å²) in [7, 11) is -2.78. The topological polar surface area (TPSA) is 45.4 Å². The van der Waals surface area contributed by atoms with Crippen LogP contribution in [0.25, 0.3) is 5.69 Å². The van der Waals surface area contributed by atoms with E-state index < -0.39 is 7.36 Å². The molecule has 0 aliphatic carbocycles. The Kier molecular flexibility index (Phi) is 7.17. The summed E-state index contributed by atoms with van der Waals surface area (Å²) in [5.74, 6) is 0. The molecule has 0 spiro atoms. The van der Waals surface area contributed by atoms with Gasteiger partial charge in [0.1, 0.15) is 0 Å². The summed E-state index contributed by atoms with van der Waals surface area (Å²) in [6.45, 7) is 9.16. The number of benzene rings is 3. The number of anilines is 1. The second-order valence-corrected chi connectivity index (χ2v) is 13.4. The van der Waals surface area contributed by atoms with Crippen LogP contribution in [0.1, 0.15) is 22.5 Å². The van der Waals surface area contributed by atoms with Crippen molar-refractivity contribution in [3.8, 4) is 5.69 Å². The number of para-hydroxylation sites is 1. The van der Waals surface area contributed by atoms with E-state index in [1.165, 1.54) is 10.9 Å². The Morgan fingerprint density at radius 3 is 2.28 bits per heavy atom. The fraction of sp³-hybridized carbons (Fsp3) is 0.233. The lowest BCUT2D eigenvalue weighted by Crippen LogP contribution is -2.44. The van der Waals surface area contributed by atoms with Gasteiger partial charge in [0, 0.05) is 40.8 Å². The van der Waals surface area contributed by atoms with Crippen molar-refractivity contribution in [2.24, 2.45) is 9.85 Å². The highest BCUT2D eigenvalue weighted by Crippen LogP contribution is 2.62. The lowest BCUT2D eigenvalue weighted by molar-refractivity contribution is 0.0744. The summed E-state index contributed by atoms with van der Waals surface area (Å²) in [5.41, 5.74) is 7.35. The number of rotatable bonds is 4. The molecule has 3 heterocycles. The van der Waals surface area contributed by atoms with Gasteiger partial charge in [0.25, 0.3) is 0 Å². The van der Waals surface area contributed by atoms with Crippen molar-refractivity contribution in [2.45, 2.75) is 20.8 Å². The lowest BCUT2D eigenvalue weighted by Gasteiger charge is -2.45. The molecule has 1 aromatic heterocycles. The van der Waals surface area contributed by atoms with Crippen LogP contribution in [-0.2, 0) is 4.74 Å². The third kappa shape index (κ3) is 4.55. The molecule has 0 radical (unpaired) electrons. The zero-order valence-corrected chi connectivity index (χ0v) is 24.6. The van der Waals surface area contributed by atoms with Gasteiger partial charge in [-0.05, 0) is 63.2 Å². The number of nitrogens with zero attached hydrogens (tertiary/aromatic N) is 5. The Balaban J connectivity index is 1.73. The van der Waals surface area contributed by atoms with Gasteiger partial charge >= 0.3 is 0 Å². The molecular weight excluding hydrogens is 548 g/mol. The van der Waals surface area contributed by atoms with Crippen LogP contribution in [-0.4, -0.2) is 41.8 Å². The van der Waals surface area contributed by atoms with Gasteiger partial charge in [0.15, 0.2) is 7.36 Å². The normalized spacial score (nSPS) is 19.3. The molecule has 6 nitrogen and oxygen atoms in total. The first-order chi connectivity index (χ1) is 18.9. The summed E-state index contributed by atoms with van der Waals surface area (Å²) >= 11 is 13.3. The largest absolute Gasteiger partial charge is 0.379 e. The van der Waals surface area contributed by atoms with Gasteiger partial charge < -0.3 is 9.30 Å². The van der Waals surface area contributed by atoms with Gasteiger partial charge in [-0.15, -0.1) is 0 Å². The van der Waals surface area contributed by atoms with Crippen LogP contribution >= 0.6 is 30.6 Å². The average Bonchev–Trinajstić information content (AvgIpc) is 3.22. The summed E-state index contributed by atoms with van der Waals surface area (Å²) in [6.07, 6.45) is 1.99. The van der Waals surface area contributed by atoms with Crippen LogP contribution in [0.3, 0.4) is 0 Å². The van der Waals surface area contributed by atoms with Gasteiger partial charge in [-0.1, -0.05) is 59.1 Å². The van der Waals surface area contributed by atoms with Crippen LogP contribution < -0.4 is 10.1 Å². The van der Waals surface area contributed by atoms with Crippen molar-refractivity contribution in [3.05, 3.63) is 105 Å². The van der Waals surface area contributed by atoms with Crippen molar-refractivity contribution in [1.82, 2.24) is 9.24 Å². The second kappa shape index (κ2) is 10.6. The summed E-state index contributed by atoms with van der Waals surface area (Å²) < 4.78 is 18.4. The third-order valence-electron chi connectivity index (χ3n) is 7.34.